The van der Waals surface area contributed by atoms with E-state index in [1.807, 2.05) is 0 Å². The quantitative estimate of drug-likeness (QED) is 0.0179. The average Bonchev–Trinajstić information content (AvgIpc) is 3.31. The molecule has 0 aromatic rings. The van der Waals surface area contributed by atoms with Gasteiger partial charge in [-0.2, -0.15) is 0 Å². The molecule has 0 spiro atoms. The lowest BCUT2D eigenvalue weighted by atomic mass is 9.98. The van der Waals surface area contributed by atoms with Crippen molar-refractivity contribution in [3.63, 3.8) is 0 Å². The first-order valence-electron chi connectivity index (χ1n) is 25.7. The third-order valence-corrected chi connectivity index (χ3v) is 12.0. The molecule has 14 heteroatoms. The molecule has 66 heavy (non-hydrogen) atoms. The SMILES string of the molecule is CCC/C=C\C/C=C\CCCCCCCCOCC(COC1OC(COC2OC(CO)C(O)C(O)C2O)C(O)C(O)C1O)OC(=O)CCCCCCCCC/C=C\C/C=C\CCCCCC. The fraction of sp³-hybridized carbons (Fsp3) is 0.827. The van der Waals surface area contributed by atoms with Crippen LogP contribution in [0.1, 0.15) is 174 Å². The second-order valence-electron chi connectivity index (χ2n) is 18.0. The van der Waals surface area contributed by atoms with Crippen molar-refractivity contribution in [2.45, 2.75) is 242 Å². The van der Waals surface area contributed by atoms with Gasteiger partial charge < -0.3 is 64.2 Å². The fourth-order valence-corrected chi connectivity index (χ4v) is 7.82. The van der Waals surface area contributed by atoms with Crippen molar-refractivity contribution in [3.05, 3.63) is 48.6 Å². The summed E-state index contributed by atoms with van der Waals surface area (Å²) in [5.41, 5.74) is 0. The van der Waals surface area contributed by atoms with Gasteiger partial charge in [0.05, 0.1) is 26.4 Å². The van der Waals surface area contributed by atoms with Crippen LogP contribution in [0.4, 0.5) is 0 Å². The van der Waals surface area contributed by atoms with Crippen molar-refractivity contribution in [2.24, 2.45) is 0 Å². The number of rotatable bonds is 40. The molecule has 11 atom stereocenters. The first kappa shape index (κ1) is 60.1. The number of aliphatic hydroxyl groups is 7. The van der Waals surface area contributed by atoms with Crippen molar-refractivity contribution < 1.29 is 69.0 Å². The Kier molecular flexibility index (Phi) is 36.2. The molecule has 0 bridgehead atoms. The number of hydrogen-bond acceptors (Lipinski definition) is 14. The highest BCUT2D eigenvalue weighted by atomic mass is 16.7. The topological polar surface area (TPSA) is 214 Å². The normalized spacial score (nSPS) is 26.7. The van der Waals surface area contributed by atoms with Gasteiger partial charge in [-0.15, -0.1) is 0 Å². The lowest BCUT2D eigenvalue weighted by Gasteiger charge is -2.42. The van der Waals surface area contributed by atoms with Gasteiger partial charge in [0.25, 0.3) is 0 Å². The molecule has 14 nitrogen and oxygen atoms in total. The minimum atomic E-state index is -1.71. The van der Waals surface area contributed by atoms with Gasteiger partial charge in [0.2, 0.25) is 0 Å². The maximum atomic E-state index is 13.0. The molecule has 0 amide bonds. The smallest absolute Gasteiger partial charge is 0.306 e. The van der Waals surface area contributed by atoms with E-state index in [2.05, 4.69) is 62.5 Å². The molecule has 0 saturated carbocycles. The zero-order chi connectivity index (χ0) is 48.0. The fourth-order valence-electron chi connectivity index (χ4n) is 7.82. The van der Waals surface area contributed by atoms with Gasteiger partial charge in [-0.05, 0) is 70.6 Å². The van der Waals surface area contributed by atoms with Crippen LogP contribution in [-0.2, 0) is 33.2 Å². The van der Waals surface area contributed by atoms with Gasteiger partial charge >= 0.3 is 5.97 Å². The Morgan fingerprint density at radius 2 is 0.970 bits per heavy atom. The average molecular weight is 941 g/mol. The van der Waals surface area contributed by atoms with E-state index in [1.54, 1.807) is 0 Å². The lowest BCUT2D eigenvalue weighted by molar-refractivity contribution is -0.332. The first-order chi connectivity index (χ1) is 32.1. The second-order valence-corrected chi connectivity index (χ2v) is 18.0. The molecular weight excluding hydrogens is 849 g/mol. The predicted octanol–water partition coefficient (Wildman–Crippen LogP) is 7.57. The number of allylic oxidation sites excluding steroid dienone is 8. The molecule has 11 unspecified atom stereocenters. The molecule has 0 aromatic carbocycles. The van der Waals surface area contributed by atoms with Crippen LogP contribution in [0.2, 0.25) is 0 Å². The Morgan fingerprint density at radius 1 is 0.500 bits per heavy atom. The largest absolute Gasteiger partial charge is 0.457 e. The van der Waals surface area contributed by atoms with Crippen LogP contribution < -0.4 is 0 Å². The highest BCUT2D eigenvalue weighted by molar-refractivity contribution is 5.69. The summed E-state index contributed by atoms with van der Waals surface area (Å²) in [5.74, 6) is -0.389. The molecular formula is C52H92O14. The van der Waals surface area contributed by atoms with Crippen LogP contribution in [-0.4, -0.2) is 142 Å². The Bertz CT molecular complexity index is 1280. The van der Waals surface area contributed by atoms with Crippen molar-refractivity contribution >= 4 is 5.97 Å². The molecule has 384 valence electrons. The summed E-state index contributed by atoms with van der Waals surface area (Å²) in [4.78, 5) is 13.0. The van der Waals surface area contributed by atoms with Crippen LogP contribution >= 0.6 is 0 Å². The van der Waals surface area contributed by atoms with Gasteiger partial charge in [0.1, 0.15) is 54.9 Å². The van der Waals surface area contributed by atoms with E-state index in [0.717, 1.165) is 77.0 Å². The summed E-state index contributed by atoms with van der Waals surface area (Å²) in [5, 5.41) is 72.1. The summed E-state index contributed by atoms with van der Waals surface area (Å²) in [7, 11) is 0. The highest BCUT2D eigenvalue weighted by Gasteiger charge is 2.47. The zero-order valence-corrected chi connectivity index (χ0v) is 40.7. The van der Waals surface area contributed by atoms with E-state index in [9.17, 15) is 40.5 Å². The summed E-state index contributed by atoms with van der Waals surface area (Å²) in [6.07, 6.45) is 28.8. The second kappa shape index (κ2) is 39.8. The minimum absolute atomic E-state index is 0.0500. The molecule has 2 fully saturated rings. The number of carbonyl (C=O) groups is 1. The first-order valence-corrected chi connectivity index (χ1v) is 25.7. The Hall–Kier alpha value is -2.05. The summed E-state index contributed by atoms with van der Waals surface area (Å²) in [6, 6.07) is 0. The Morgan fingerprint density at radius 3 is 1.52 bits per heavy atom. The zero-order valence-electron chi connectivity index (χ0n) is 40.7. The van der Waals surface area contributed by atoms with Crippen molar-refractivity contribution in [1.29, 1.82) is 0 Å². The standard InChI is InChI=1S/C52H92O14/c1-3-5-7-9-11-13-15-17-19-20-21-22-23-25-27-29-31-33-35-44(54)64-41(38-61-36-34-32-30-28-26-24-18-16-14-12-10-8-6-4-2)39-62-51-50(60)48(58)46(56)43(66-51)40-63-52-49(59)47(57)45(55)42(37-53)65-52/h8,10,13-16,19-20,41-43,45-53,55-60H,3-7,9,11-12,17-18,21-40H2,1-2H3/b10-8-,15-13-,16-14-,20-19-. The predicted molar refractivity (Wildman–Crippen MR) is 256 cm³/mol. The molecule has 2 saturated heterocycles. The van der Waals surface area contributed by atoms with Crippen molar-refractivity contribution in [3.8, 4) is 0 Å². The van der Waals surface area contributed by atoms with Crippen molar-refractivity contribution in [1.82, 2.24) is 0 Å². The monoisotopic (exact) mass is 941 g/mol. The molecule has 0 aliphatic carbocycles. The van der Waals surface area contributed by atoms with Crippen LogP contribution in [0.5, 0.6) is 0 Å². The lowest BCUT2D eigenvalue weighted by Crippen LogP contribution is -2.61. The van der Waals surface area contributed by atoms with Crippen LogP contribution in [0, 0.1) is 0 Å². The van der Waals surface area contributed by atoms with E-state index < -0.39 is 80.7 Å². The van der Waals surface area contributed by atoms with E-state index in [0.29, 0.717) is 13.0 Å². The van der Waals surface area contributed by atoms with E-state index >= 15 is 0 Å². The van der Waals surface area contributed by atoms with Crippen molar-refractivity contribution in [2.75, 3.05) is 33.0 Å². The molecule has 2 heterocycles. The molecule has 2 aliphatic rings. The molecule has 0 aromatic heterocycles. The van der Waals surface area contributed by atoms with Gasteiger partial charge in [-0.25, -0.2) is 0 Å². The number of carbonyl (C=O) groups excluding carboxylic acids is 1. The molecule has 2 rings (SSSR count). The van der Waals surface area contributed by atoms with E-state index in [-0.39, 0.29) is 25.6 Å². The number of unbranched alkanes of at least 4 members (excludes halogenated alkanes) is 18. The number of hydrogen-bond donors (Lipinski definition) is 7. The summed E-state index contributed by atoms with van der Waals surface area (Å²) >= 11 is 0. The number of esters is 1. The third-order valence-electron chi connectivity index (χ3n) is 12.0. The van der Waals surface area contributed by atoms with Crippen LogP contribution in [0.15, 0.2) is 48.6 Å². The summed E-state index contributed by atoms with van der Waals surface area (Å²) < 4.78 is 34.2. The Labute approximate surface area is 397 Å². The number of aliphatic hydroxyl groups excluding tert-OH is 7. The minimum Gasteiger partial charge on any atom is -0.457 e. The van der Waals surface area contributed by atoms with E-state index in [4.69, 9.17) is 28.4 Å². The van der Waals surface area contributed by atoms with E-state index in [1.165, 1.54) is 70.6 Å². The van der Waals surface area contributed by atoms with Gasteiger partial charge in [0, 0.05) is 13.0 Å². The number of ether oxygens (including phenoxy) is 6. The van der Waals surface area contributed by atoms with Crippen LogP contribution in [0.25, 0.3) is 0 Å². The molecule has 7 N–H and O–H groups in total. The van der Waals surface area contributed by atoms with Gasteiger partial charge in [-0.1, -0.05) is 146 Å². The summed E-state index contributed by atoms with van der Waals surface area (Å²) in [6.45, 7) is 3.57. The van der Waals surface area contributed by atoms with Gasteiger partial charge in [-0.3, -0.25) is 4.79 Å². The Balaban J connectivity index is 1.78. The van der Waals surface area contributed by atoms with Crippen LogP contribution in [0.3, 0.4) is 0 Å². The molecule has 0 radical (unpaired) electrons. The highest BCUT2D eigenvalue weighted by Crippen LogP contribution is 2.26. The third kappa shape index (κ3) is 27.2. The maximum absolute atomic E-state index is 13.0. The molecule has 2 aliphatic heterocycles. The van der Waals surface area contributed by atoms with Gasteiger partial charge in [0.15, 0.2) is 12.6 Å². The maximum Gasteiger partial charge on any atom is 0.306 e.